The number of pyridine rings is 1. The molecular weight excluding hydrogens is 450 g/mol. The lowest BCUT2D eigenvalue weighted by atomic mass is 10.1. The van der Waals surface area contributed by atoms with Crippen molar-refractivity contribution in [1.29, 1.82) is 0 Å². The summed E-state index contributed by atoms with van der Waals surface area (Å²) in [6.07, 6.45) is 7.09. The van der Waals surface area contributed by atoms with E-state index in [1.807, 2.05) is 67.0 Å². The van der Waals surface area contributed by atoms with Crippen LogP contribution in [0.25, 0.3) is 0 Å². The Hall–Kier alpha value is -3.97. The first kappa shape index (κ1) is 25.1. The van der Waals surface area contributed by atoms with E-state index in [4.69, 9.17) is 20.2 Å². The van der Waals surface area contributed by atoms with E-state index in [1.54, 1.807) is 7.11 Å². The standard InChI is InChI=1S/C29H33N5O2/c1-3-21-18-31-27(32-19-21)13-8-24-16-28(33-20-23-6-9-25(35-2)10-7-23)34-29(17-24)36-26-11-4-22(5-12-26)14-15-30/h4-7,9-12,16-19H,3,8,13-15,20,30H2,1-2H3,(H,33,34). The summed E-state index contributed by atoms with van der Waals surface area (Å²) >= 11 is 0. The van der Waals surface area contributed by atoms with Crippen LogP contribution in [0.3, 0.4) is 0 Å². The zero-order valence-corrected chi connectivity index (χ0v) is 20.9. The van der Waals surface area contributed by atoms with Crippen molar-refractivity contribution in [1.82, 2.24) is 15.0 Å². The number of ether oxygens (including phenoxy) is 2. The predicted octanol–water partition coefficient (Wildman–Crippen LogP) is 5.13. The zero-order chi connectivity index (χ0) is 25.2. The first-order chi connectivity index (χ1) is 17.6. The Labute approximate surface area is 212 Å². The third-order valence-electron chi connectivity index (χ3n) is 5.88. The number of nitrogens with zero attached hydrogens (tertiary/aromatic N) is 3. The highest BCUT2D eigenvalue weighted by atomic mass is 16.5. The van der Waals surface area contributed by atoms with Crippen LogP contribution in [0.5, 0.6) is 17.4 Å². The Morgan fingerprint density at radius 2 is 1.47 bits per heavy atom. The molecule has 4 rings (SSSR count). The highest BCUT2D eigenvalue weighted by molar-refractivity contribution is 5.44. The Kier molecular flexibility index (Phi) is 8.83. The zero-order valence-electron chi connectivity index (χ0n) is 20.9. The van der Waals surface area contributed by atoms with Crippen LogP contribution in [0.2, 0.25) is 0 Å². The van der Waals surface area contributed by atoms with Crippen LogP contribution >= 0.6 is 0 Å². The average Bonchev–Trinajstić information content (AvgIpc) is 2.92. The Morgan fingerprint density at radius 3 is 2.14 bits per heavy atom. The summed E-state index contributed by atoms with van der Waals surface area (Å²) in [7, 11) is 1.67. The van der Waals surface area contributed by atoms with Gasteiger partial charge in [0.25, 0.3) is 0 Å². The minimum absolute atomic E-state index is 0.540. The summed E-state index contributed by atoms with van der Waals surface area (Å²) in [5.41, 5.74) is 10.2. The van der Waals surface area contributed by atoms with Crippen LogP contribution in [0.1, 0.15) is 35.0 Å². The number of benzene rings is 2. The molecule has 2 aromatic heterocycles. The van der Waals surface area contributed by atoms with Crippen molar-refractivity contribution < 1.29 is 9.47 Å². The number of methoxy groups -OCH3 is 1. The SMILES string of the molecule is CCc1cnc(CCc2cc(NCc3ccc(OC)cc3)nc(Oc3ccc(CCN)cc3)c2)nc1. The van der Waals surface area contributed by atoms with Gasteiger partial charge >= 0.3 is 0 Å². The molecule has 0 saturated heterocycles. The van der Waals surface area contributed by atoms with E-state index in [0.717, 1.165) is 65.5 Å². The number of nitrogens with one attached hydrogen (secondary N) is 1. The molecule has 0 unspecified atom stereocenters. The largest absolute Gasteiger partial charge is 0.497 e. The van der Waals surface area contributed by atoms with Crippen LogP contribution in [-0.2, 0) is 32.2 Å². The van der Waals surface area contributed by atoms with Crippen LogP contribution in [0.15, 0.2) is 73.1 Å². The van der Waals surface area contributed by atoms with E-state index in [-0.39, 0.29) is 0 Å². The highest BCUT2D eigenvalue weighted by Crippen LogP contribution is 2.24. The molecule has 0 fully saturated rings. The van der Waals surface area contributed by atoms with Gasteiger partial charge in [-0.3, -0.25) is 0 Å². The number of hydrogen-bond acceptors (Lipinski definition) is 7. The molecule has 4 aromatic rings. The Bertz CT molecular complexity index is 1160. The second-order valence-electron chi connectivity index (χ2n) is 8.55. The van der Waals surface area contributed by atoms with Gasteiger partial charge in [-0.05, 0) is 78.4 Å². The molecule has 0 spiro atoms. The summed E-state index contributed by atoms with van der Waals surface area (Å²) in [5, 5.41) is 3.43. The molecule has 2 aromatic carbocycles. The maximum absolute atomic E-state index is 6.13. The fraction of sp³-hybridized carbons (Fsp3) is 0.276. The molecule has 0 saturated carbocycles. The molecule has 0 amide bonds. The lowest BCUT2D eigenvalue weighted by molar-refractivity contribution is 0.414. The van der Waals surface area contributed by atoms with Crippen LogP contribution in [0.4, 0.5) is 5.82 Å². The molecule has 0 aliphatic carbocycles. The molecule has 186 valence electrons. The number of rotatable bonds is 12. The predicted molar refractivity (Wildman–Crippen MR) is 143 cm³/mol. The number of anilines is 1. The van der Waals surface area contributed by atoms with Gasteiger partial charge in [0, 0.05) is 31.4 Å². The van der Waals surface area contributed by atoms with E-state index >= 15 is 0 Å². The summed E-state index contributed by atoms with van der Waals surface area (Å²) in [6, 6.07) is 20.0. The van der Waals surface area contributed by atoms with E-state index in [9.17, 15) is 0 Å². The third-order valence-corrected chi connectivity index (χ3v) is 5.88. The molecule has 0 bridgehead atoms. The lowest BCUT2D eigenvalue weighted by Gasteiger charge is -2.12. The van der Waals surface area contributed by atoms with Crippen molar-refractivity contribution in [2.75, 3.05) is 19.0 Å². The molecule has 7 nitrogen and oxygen atoms in total. The maximum Gasteiger partial charge on any atom is 0.221 e. The summed E-state index contributed by atoms with van der Waals surface area (Å²) < 4.78 is 11.4. The van der Waals surface area contributed by atoms with Gasteiger partial charge in [0.1, 0.15) is 23.1 Å². The summed E-state index contributed by atoms with van der Waals surface area (Å²) in [4.78, 5) is 13.7. The van der Waals surface area contributed by atoms with Gasteiger partial charge in [-0.15, -0.1) is 0 Å². The maximum atomic E-state index is 6.13. The molecule has 0 radical (unpaired) electrons. The van der Waals surface area contributed by atoms with Crippen LogP contribution < -0.4 is 20.5 Å². The smallest absolute Gasteiger partial charge is 0.221 e. The molecule has 7 heteroatoms. The van der Waals surface area contributed by atoms with E-state index < -0.39 is 0 Å². The van der Waals surface area contributed by atoms with Gasteiger partial charge < -0.3 is 20.5 Å². The number of hydrogen-bond donors (Lipinski definition) is 2. The Morgan fingerprint density at radius 1 is 0.778 bits per heavy atom. The van der Waals surface area contributed by atoms with Crippen LogP contribution in [0, 0.1) is 0 Å². The number of nitrogens with two attached hydrogens (primary N) is 1. The van der Waals surface area contributed by atoms with Crippen molar-refractivity contribution in [2.24, 2.45) is 5.73 Å². The first-order valence-corrected chi connectivity index (χ1v) is 12.3. The molecule has 3 N–H and O–H groups in total. The molecule has 2 heterocycles. The minimum Gasteiger partial charge on any atom is -0.497 e. The van der Waals surface area contributed by atoms with E-state index in [1.165, 1.54) is 5.56 Å². The average molecular weight is 484 g/mol. The topological polar surface area (TPSA) is 95.2 Å². The van der Waals surface area contributed by atoms with Gasteiger partial charge in [0.2, 0.25) is 5.88 Å². The normalized spacial score (nSPS) is 10.8. The summed E-state index contributed by atoms with van der Waals surface area (Å²) in [6.45, 7) is 3.36. The molecule has 0 atom stereocenters. The van der Waals surface area contributed by atoms with Crippen LogP contribution in [-0.4, -0.2) is 28.6 Å². The van der Waals surface area contributed by atoms with Crippen molar-refractivity contribution in [3.8, 4) is 17.4 Å². The van der Waals surface area contributed by atoms with Gasteiger partial charge in [-0.2, -0.15) is 4.98 Å². The van der Waals surface area contributed by atoms with Crippen molar-refractivity contribution in [3.63, 3.8) is 0 Å². The van der Waals surface area contributed by atoms with E-state index in [0.29, 0.717) is 19.0 Å². The monoisotopic (exact) mass is 483 g/mol. The highest BCUT2D eigenvalue weighted by Gasteiger charge is 2.08. The fourth-order valence-corrected chi connectivity index (χ4v) is 3.74. The molecule has 0 aliphatic rings. The van der Waals surface area contributed by atoms with Gasteiger partial charge in [0.05, 0.1) is 7.11 Å². The second kappa shape index (κ2) is 12.7. The quantitative estimate of drug-likeness (QED) is 0.288. The van der Waals surface area contributed by atoms with Crippen molar-refractivity contribution >= 4 is 5.82 Å². The first-order valence-electron chi connectivity index (χ1n) is 12.3. The van der Waals surface area contributed by atoms with Crippen molar-refractivity contribution in [2.45, 2.75) is 39.2 Å². The summed E-state index contributed by atoms with van der Waals surface area (Å²) in [5.74, 6) is 3.69. The van der Waals surface area contributed by atoms with Gasteiger partial charge in [-0.1, -0.05) is 31.2 Å². The lowest BCUT2D eigenvalue weighted by Crippen LogP contribution is -2.05. The molecule has 0 aliphatic heterocycles. The van der Waals surface area contributed by atoms with E-state index in [2.05, 4.69) is 28.3 Å². The third kappa shape index (κ3) is 7.26. The fourth-order valence-electron chi connectivity index (χ4n) is 3.74. The molecular formula is C29H33N5O2. The molecule has 36 heavy (non-hydrogen) atoms. The van der Waals surface area contributed by atoms with Gasteiger partial charge in [-0.25, -0.2) is 9.97 Å². The second-order valence-corrected chi connectivity index (χ2v) is 8.55. The number of aromatic nitrogens is 3. The number of aryl methyl sites for hydroxylation is 3. The van der Waals surface area contributed by atoms with Gasteiger partial charge in [0.15, 0.2) is 0 Å². The van der Waals surface area contributed by atoms with Crippen molar-refractivity contribution in [3.05, 3.63) is 101 Å². The Balaban J connectivity index is 1.50. The minimum atomic E-state index is 0.540.